The molecule has 9 heteroatoms. The molecule has 3 heterocycles. The van der Waals surface area contributed by atoms with E-state index in [1.54, 1.807) is 11.3 Å². The topological polar surface area (TPSA) is 91.6 Å². The number of urea groups is 1. The van der Waals surface area contributed by atoms with E-state index in [4.69, 9.17) is 10.7 Å². The predicted octanol–water partition coefficient (Wildman–Crippen LogP) is 3.36. The summed E-state index contributed by atoms with van der Waals surface area (Å²) in [7, 11) is -0.655. The molecular formula is C24H27N5O2S2. The molecule has 2 aliphatic rings. The van der Waals surface area contributed by atoms with Crippen molar-refractivity contribution in [1.82, 2.24) is 4.98 Å². The van der Waals surface area contributed by atoms with Gasteiger partial charge in [-0.15, -0.1) is 11.3 Å². The Morgan fingerprint density at radius 3 is 2.61 bits per heavy atom. The van der Waals surface area contributed by atoms with Crippen molar-refractivity contribution < 1.29 is 9.00 Å². The molecule has 3 aromatic rings. The molecule has 1 saturated heterocycles. The van der Waals surface area contributed by atoms with Gasteiger partial charge in [0.25, 0.3) is 0 Å². The van der Waals surface area contributed by atoms with Gasteiger partial charge in [-0.2, -0.15) is 0 Å². The molecule has 2 amide bonds. The van der Waals surface area contributed by atoms with Crippen molar-refractivity contribution in [3.05, 3.63) is 70.2 Å². The Bertz CT molecular complexity index is 1170. The van der Waals surface area contributed by atoms with Gasteiger partial charge in [-0.1, -0.05) is 18.2 Å². The van der Waals surface area contributed by atoms with Crippen LogP contribution in [0.4, 0.5) is 21.3 Å². The van der Waals surface area contributed by atoms with E-state index in [-0.39, 0.29) is 0 Å². The third-order valence-electron chi connectivity index (χ3n) is 6.16. The standard InChI is InChI=1S/C24H27N5O2S2/c25-23(30)27-20-4-3-18-7-8-29(16-19(18)14-20)24-26-15-22(32-24)13-17-1-5-21(6-2-17)28-9-11-33(31)12-10-28/h1-6,14-15H,7-13,16H2,(H3,25,27,30). The van der Waals surface area contributed by atoms with Gasteiger partial charge in [0.2, 0.25) is 0 Å². The molecule has 7 nitrogen and oxygen atoms in total. The van der Waals surface area contributed by atoms with E-state index < -0.39 is 16.8 Å². The molecule has 0 saturated carbocycles. The SMILES string of the molecule is NC(=O)Nc1ccc2c(c1)CN(c1ncc(Cc3ccc(N4CCS(=O)CC4)cc3)s1)CC2. The second kappa shape index (κ2) is 9.52. The van der Waals surface area contributed by atoms with E-state index in [0.717, 1.165) is 61.3 Å². The minimum Gasteiger partial charge on any atom is -0.370 e. The summed E-state index contributed by atoms with van der Waals surface area (Å²) < 4.78 is 11.6. The Labute approximate surface area is 200 Å². The number of carbonyl (C=O) groups excluding carboxylic acids is 1. The van der Waals surface area contributed by atoms with Gasteiger partial charge in [-0.05, 0) is 47.4 Å². The number of rotatable bonds is 5. The number of aromatic nitrogens is 1. The zero-order valence-corrected chi connectivity index (χ0v) is 20.0. The number of primary amides is 1. The van der Waals surface area contributed by atoms with Crippen molar-refractivity contribution in [3.63, 3.8) is 0 Å². The van der Waals surface area contributed by atoms with Crippen LogP contribution in [0, 0.1) is 0 Å². The van der Waals surface area contributed by atoms with Crippen molar-refractivity contribution in [1.29, 1.82) is 0 Å². The average Bonchev–Trinajstić information content (AvgIpc) is 3.28. The number of nitrogens with one attached hydrogen (secondary N) is 1. The highest BCUT2D eigenvalue weighted by Crippen LogP contribution is 2.30. The molecule has 0 atom stereocenters. The van der Waals surface area contributed by atoms with Crippen LogP contribution >= 0.6 is 11.3 Å². The molecule has 2 aromatic carbocycles. The maximum absolute atomic E-state index is 11.6. The Morgan fingerprint density at radius 2 is 1.85 bits per heavy atom. The number of fused-ring (bicyclic) bond motifs is 1. The zero-order chi connectivity index (χ0) is 22.8. The Hall–Kier alpha value is -2.91. The van der Waals surface area contributed by atoms with E-state index in [9.17, 15) is 9.00 Å². The second-order valence-corrected chi connectivity index (χ2v) is 11.2. The summed E-state index contributed by atoms with van der Waals surface area (Å²) in [6, 6.07) is 14.1. The molecule has 0 radical (unpaired) electrons. The number of benzene rings is 2. The van der Waals surface area contributed by atoms with Crippen LogP contribution in [0.25, 0.3) is 0 Å². The summed E-state index contributed by atoms with van der Waals surface area (Å²) in [6.45, 7) is 3.43. The van der Waals surface area contributed by atoms with Crippen molar-refractivity contribution in [2.24, 2.45) is 5.73 Å². The smallest absolute Gasteiger partial charge is 0.316 e. The minimum atomic E-state index is -0.655. The number of nitrogens with zero attached hydrogens (tertiary/aromatic N) is 3. The number of hydrogen-bond donors (Lipinski definition) is 2. The lowest BCUT2D eigenvalue weighted by Gasteiger charge is -2.28. The van der Waals surface area contributed by atoms with Crippen LogP contribution in [0.2, 0.25) is 0 Å². The number of anilines is 3. The number of carbonyl (C=O) groups is 1. The van der Waals surface area contributed by atoms with Gasteiger partial charge < -0.3 is 20.9 Å². The largest absolute Gasteiger partial charge is 0.370 e. The quantitative estimate of drug-likeness (QED) is 0.583. The summed E-state index contributed by atoms with van der Waals surface area (Å²) in [6.07, 6.45) is 3.79. The number of hydrogen-bond acceptors (Lipinski definition) is 6. The van der Waals surface area contributed by atoms with Gasteiger partial charge in [0.05, 0.1) is 0 Å². The monoisotopic (exact) mass is 481 g/mol. The third-order valence-corrected chi connectivity index (χ3v) is 8.49. The first-order valence-corrected chi connectivity index (χ1v) is 13.4. The van der Waals surface area contributed by atoms with Crippen LogP contribution in [0.1, 0.15) is 21.6 Å². The maximum Gasteiger partial charge on any atom is 0.316 e. The highest BCUT2D eigenvalue weighted by Gasteiger charge is 2.20. The van der Waals surface area contributed by atoms with Gasteiger partial charge in [-0.3, -0.25) is 4.21 Å². The summed E-state index contributed by atoms with van der Waals surface area (Å²) in [4.78, 5) is 21.7. The van der Waals surface area contributed by atoms with Gasteiger partial charge in [0.15, 0.2) is 5.13 Å². The number of amides is 2. The van der Waals surface area contributed by atoms with Crippen LogP contribution in [0.3, 0.4) is 0 Å². The van der Waals surface area contributed by atoms with Crippen LogP contribution in [-0.4, -0.2) is 46.4 Å². The summed E-state index contributed by atoms with van der Waals surface area (Å²) in [5, 5.41) is 3.69. The molecule has 2 aliphatic heterocycles. The average molecular weight is 482 g/mol. The van der Waals surface area contributed by atoms with Gasteiger partial charge in [0.1, 0.15) is 0 Å². The predicted molar refractivity (Wildman–Crippen MR) is 136 cm³/mol. The van der Waals surface area contributed by atoms with Crippen LogP contribution in [-0.2, 0) is 30.2 Å². The Morgan fingerprint density at radius 1 is 1.06 bits per heavy atom. The molecule has 0 aliphatic carbocycles. The van der Waals surface area contributed by atoms with E-state index in [2.05, 4.69) is 45.4 Å². The second-order valence-electron chi connectivity index (χ2n) is 8.43. The fourth-order valence-corrected chi connectivity index (χ4v) is 6.41. The van der Waals surface area contributed by atoms with E-state index in [0.29, 0.717) is 0 Å². The highest BCUT2D eigenvalue weighted by atomic mass is 32.2. The fraction of sp³-hybridized carbons (Fsp3) is 0.333. The molecule has 1 fully saturated rings. The van der Waals surface area contributed by atoms with E-state index in [1.807, 2.05) is 18.3 Å². The molecule has 33 heavy (non-hydrogen) atoms. The number of thiazole rings is 1. The molecule has 5 rings (SSSR count). The highest BCUT2D eigenvalue weighted by molar-refractivity contribution is 7.85. The molecule has 0 spiro atoms. The van der Waals surface area contributed by atoms with E-state index >= 15 is 0 Å². The summed E-state index contributed by atoms with van der Waals surface area (Å²) in [5.41, 5.74) is 11.0. The van der Waals surface area contributed by atoms with Crippen molar-refractivity contribution >= 4 is 44.7 Å². The van der Waals surface area contributed by atoms with E-state index in [1.165, 1.54) is 27.3 Å². The van der Waals surface area contributed by atoms with Crippen LogP contribution in [0.5, 0.6) is 0 Å². The molecule has 0 bridgehead atoms. The first kappa shape index (κ1) is 21.9. The zero-order valence-electron chi connectivity index (χ0n) is 18.3. The molecular weight excluding hydrogens is 454 g/mol. The third kappa shape index (κ3) is 5.20. The molecule has 1 aromatic heterocycles. The van der Waals surface area contributed by atoms with Crippen LogP contribution < -0.4 is 20.9 Å². The minimum absolute atomic E-state index is 0.549. The Balaban J connectivity index is 1.23. The number of nitrogens with two attached hydrogens (primary N) is 1. The Kier molecular flexibility index (Phi) is 6.32. The van der Waals surface area contributed by atoms with Crippen molar-refractivity contribution in [2.75, 3.05) is 46.3 Å². The van der Waals surface area contributed by atoms with Gasteiger partial charge in [0, 0.05) is 77.4 Å². The molecule has 3 N–H and O–H groups in total. The fourth-order valence-electron chi connectivity index (χ4n) is 4.39. The molecule has 0 unspecified atom stereocenters. The summed E-state index contributed by atoms with van der Waals surface area (Å²) >= 11 is 1.74. The lowest BCUT2D eigenvalue weighted by atomic mass is 9.99. The maximum atomic E-state index is 11.6. The normalized spacial score (nSPS) is 16.5. The van der Waals surface area contributed by atoms with Gasteiger partial charge in [-0.25, -0.2) is 9.78 Å². The van der Waals surface area contributed by atoms with Gasteiger partial charge >= 0.3 is 6.03 Å². The molecule has 172 valence electrons. The lowest BCUT2D eigenvalue weighted by Crippen LogP contribution is -2.37. The van der Waals surface area contributed by atoms with Crippen molar-refractivity contribution in [2.45, 2.75) is 19.4 Å². The van der Waals surface area contributed by atoms with Crippen LogP contribution in [0.15, 0.2) is 48.7 Å². The van der Waals surface area contributed by atoms with Crippen molar-refractivity contribution in [3.8, 4) is 0 Å². The first-order valence-electron chi connectivity index (χ1n) is 11.1. The summed E-state index contributed by atoms with van der Waals surface area (Å²) in [5.74, 6) is 1.52. The lowest BCUT2D eigenvalue weighted by molar-refractivity contribution is 0.259. The first-order chi connectivity index (χ1) is 16.0.